The lowest BCUT2D eigenvalue weighted by Crippen LogP contribution is -2.29. The molecule has 31 heavy (non-hydrogen) atoms. The molecule has 166 valence electrons. The summed E-state index contributed by atoms with van der Waals surface area (Å²) in [7, 11) is 2.79. The molecule has 6 nitrogen and oxygen atoms in total. The Hall–Kier alpha value is -3.36. The highest BCUT2D eigenvalue weighted by molar-refractivity contribution is 6.45. The summed E-state index contributed by atoms with van der Waals surface area (Å²) in [6.45, 7) is 4.77. The van der Waals surface area contributed by atoms with Gasteiger partial charge in [0.1, 0.15) is 13.7 Å². The molecule has 0 aromatic heterocycles. The largest absolute Gasteiger partial charge is 0.417 e. The summed E-state index contributed by atoms with van der Waals surface area (Å²) in [5.41, 5.74) is 1.67. The molecular formula is C22H24F3N3O3. The highest BCUT2D eigenvalue weighted by atomic mass is 19.4. The highest BCUT2D eigenvalue weighted by Gasteiger charge is 2.34. The number of oxime groups is 2. The minimum atomic E-state index is -4.51. The second-order valence-electron chi connectivity index (χ2n) is 6.80. The van der Waals surface area contributed by atoms with E-state index in [0.29, 0.717) is 16.7 Å². The zero-order valence-electron chi connectivity index (χ0n) is 17.9. The van der Waals surface area contributed by atoms with Crippen molar-refractivity contribution in [3.8, 4) is 0 Å². The molecule has 0 heterocycles. The van der Waals surface area contributed by atoms with Gasteiger partial charge in [-0.25, -0.2) is 0 Å². The molecule has 1 amide bonds. The van der Waals surface area contributed by atoms with Gasteiger partial charge in [-0.3, -0.25) is 4.79 Å². The average molecular weight is 435 g/mol. The number of nitrogens with zero attached hydrogens (tertiary/aromatic N) is 2. The molecule has 0 bridgehead atoms. The number of aryl methyl sites for hydroxylation is 2. The number of rotatable bonds is 7. The number of hydrogen-bond acceptors (Lipinski definition) is 5. The number of hydrogen-bond donors (Lipinski definition) is 1. The Labute approximate surface area is 178 Å². The quantitative estimate of drug-likeness (QED) is 0.519. The van der Waals surface area contributed by atoms with E-state index in [4.69, 9.17) is 9.68 Å². The van der Waals surface area contributed by atoms with E-state index in [-0.39, 0.29) is 23.6 Å². The Morgan fingerprint density at radius 2 is 1.81 bits per heavy atom. The Balaban J connectivity index is 2.36. The van der Waals surface area contributed by atoms with Crippen LogP contribution in [0.4, 0.5) is 13.2 Å². The van der Waals surface area contributed by atoms with E-state index < -0.39 is 17.6 Å². The van der Waals surface area contributed by atoms with Crippen molar-refractivity contribution in [3.05, 3.63) is 69.8 Å². The summed E-state index contributed by atoms with van der Waals surface area (Å²) in [5, 5.41) is 10.2. The number of carbonyl (C=O) groups excluding carboxylic acids is 1. The topological polar surface area (TPSA) is 72.3 Å². The first kappa shape index (κ1) is 23.9. The molecule has 0 saturated carbocycles. The minimum absolute atomic E-state index is 0.0471. The predicted molar refractivity (Wildman–Crippen MR) is 112 cm³/mol. The zero-order valence-corrected chi connectivity index (χ0v) is 17.9. The van der Waals surface area contributed by atoms with E-state index in [2.05, 4.69) is 15.6 Å². The van der Waals surface area contributed by atoms with Crippen LogP contribution in [0.15, 0.2) is 46.7 Å². The fourth-order valence-corrected chi connectivity index (χ4v) is 2.99. The third-order valence-electron chi connectivity index (χ3n) is 4.57. The SMILES string of the molecule is CNC(=O)/C(=N/OC)c1cccc(C)c1CO/N=C(\C)c1ccc(C)cc1C(F)(F)F. The van der Waals surface area contributed by atoms with Crippen molar-refractivity contribution in [2.75, 3.05) is 14.2 Å². The smallest absolute Gasteiger partial charge is 0.398 e. The molecule has 9 heteroatoms. The van der Waals surface area contributed by atoms with Crippen LogP contribution in [0.25, 0.3) is 0 Å². The van der Waals surface area contributed by atoms with Crippen LogP contribution in [-0.2, 0) is 27.3 Å². The first-order chi connectivity index (χ1) is 14.6. The molecule has 0 aliphatic rings. The van der Waals surface area contributed by atoms with Crippen LogP contribution in [0.1, 0.15) is 40.3 Å². The summed E-state index contributed by atoms with van der Waals surface area (Å²) < 4.78 is 40.2. The molecule has 0 fully saturated rings. The van der Waals surface area contributed by atoms with Crippen molar-refractivity contribution in [1.82, 2.24) is 5.32 Å². The second kappa shape index (κ2) is 10.1. The van der Waals surface area contributed by atoms with Gasteiger partial charge in [-0.15, -0.1) is 0 Å². The maximum atomic E-state index is 13.4. The zero-order chi connectivity index (χ0) is 23.2. The van der Waals surface area contributed by atoms with Gasteiger partial charge >= 0.3 is 6.18 Å². The summed E-state index contributed by atoms with van der Waals surface area (Å²) in [4.78, 5) is 22.4. The van der Waals surface area contributed by atoms with Gasteiger partial charge in [0, 0.05) is 23.7 Å². The summed E-state index contributed by atoms with van der Waals surface area (Å²) in [6, 6.07) is 9.27. The molecule has 1 N–H and O–H groups in total. The third kappa shape index (κ3) is 5.84. The van der Waals surface area contributed by atoms with Gasteiger partial charge in [0.15, 0.2) is 5.71 Å². The molecule has 0 unspecified atom stereocenters. The van der Waals surface area contributed by atoms with Gasteiger partial charge in [-0.2, -0.15) is 13.2 Å². The first-order valence-electron chi connectivity index (χ1n) is 9.37. The van der Waals surface area contributed by atoms with Gasteiger partial charge in [-0.1, -0.05) is 46.2 Å². The van der Waals surface area contributed by atoms with E-state index in [0.717, 1.165) is 11.6 Å². The van der Waals surface area contributed by atoms with Crippen LogP contribution in [-0.4, -0.2) is 31.5 Å². The van der Waals surface area contributed by atoms with Crippen LogP contribution in [0.5, 0.6) is 0 Å². The fraction of sp³-hybridized carbons (Fsp3) is 0.318. The van der Waals surface area contributed by atoms with E-state index in [9.17, 15) is 18.0 Å². The van der Waals surface area contributed by atoms with Crippen molar-refractivity contribution < 1.29 is 27.6 Å². The van der Waals surface area contributed by atoms with Gasteiger partial charge in [-0.05, 0) is 32.4 Å². The summed E-state index contributed by atoms with van der Waals surface area (Å²) in [5.74, 6) is -0.456. The maximum Gasteiger partial charge on any atom is 0.417 e. The average Bonchev–Trinajstić information content (AvgIpc) is 2.72. The number of nitrogens with one attached hydrogen (secondary N) is 1. The number of likely N-dealkylation sites (N-methyl/N-ethyl adjacent to an activating group) is 1. The number of halogens is 3. The van der Waals surface area contributed by atoms with E-state index in [1.807, 2.05) is 13.0 Å². The predicted octanol–water partition coefficient (Wildman–Crippen LogP) is 4.36. The van der Waals surface area contributed by atoms with Crippen LogP contribution >= 0.6 is 0 Å². The molecule has 2 aromatic carbocycles. The van der Waals surface area contributed by atoms with Crippen LogP contribution in [0.3, 0.4) is 0 Å². The molecule has 0 spiro atoms. The Morgan fingerprint density at radius 1 is 1.10 bits per heavy atom. The van der Waals surface area contributed by atoms with E-state index >= 15 is 0 Å². The molecule has 0 saturated heterocycles. The standard InChI is InChI=1S/C22H24F3N3O3/c1-13-9-10-16(19(11-13)22(23,24)25)15(3)27-31-12-18-14(2)7-6-8-17(18)20(28-30-5)21(29)26-4/h6-11H,12H2,1-5H3,(H,26,29)/b27-15+,28-20+. The molecular weight excluding hydrogens is 411 g/mol. The maximum absolute atomic E-state index is 13.4. The van der Waals surface area contributed by atoms with Gasteiger partial charge in [0.2, 0.25) is 0 Å². The van der Waals surface area contributed by atoms with Crippen molar-refractivity contribution in [2.45, 2.75) is 33.6 Å². The van der Waals surface area contributed by atoms with Gasteiger partial charge < -0.3 is 15.0 Å². The second-order valence-corrected chi connectivity index (χ2v) is 6.80. The molecule has 0 aliphatic carbocycles. The number of carbonyl (C=O) groups is 1. The highest BCUT2D eigenvalue weighted by Crippen LogP contribution is 2.33. The lowest BCUT2D eigenvalue weighted by molar-refractivity contribution is -0.137. The summed E-state index contributed by atoms with van der Waals surface area (Å²) in [6.07, 6.45) is -4.51. The Bertz CT molecular complexity index is 1010. The molecule has 0 radical (unpaired) electrons. The minimum Gasteiger partial charge on any atom is -0.398 e. The molecule has 2 rings (SSSR count). The molecule has 0 atom stereocenters. The number of benzene rings is 2. The first-order valence-corrected chi connectivity index (χ1v) is 9.37. The Morgan fingerprint density at radius 3 is 2.42 bits per heavy atom. The van der Waals surface area contributed by atoms with Crippen LogP contribution < -0.4 is 5.32 Å². The third-order valence-corrected chi connectivity index (χ3v) is 4.57. The van der Waals surface area contributed by atoms with E-state index in [1.54, 1.807) is 25.1 Å². The number of amides is 1. The Kier molecular flexibility index (Phi) is 7.79. The lowest BCUT2D eigenvalue weighted by Gasteiger charge is -2.14. The van der Waals surface area contributed by atoms with Crippen molar-refractivity contribution in [3.63, 3.8) is 0 Å². The normalized spacial score (nSPS) is 12.5. The van der Waals surface area contributed by atoms with Crippen molar-refractivity contribution in [2.24, 2.45) is 10.3 Å². The van der Waals surface area contributed by atoms with Crippen molar-refractivity contribution >= 4 is 17.3 Å². The van der Waals surface area contributed by atoms with Crippen LogP contribution in [0.2, 0.25) is 0 Å². The monoisotopic (exact) mass is 435 g/mol. The number of alkyl halides is 3. The van der Waals surface area contributed by atoms with Crippen LogP contribution in [0, 0.1) is 13.8 Å². The van der Waals surface area contributed by atoms with E-state index in [1.165, 1.54) is 27.1 Å². The fourth-order valence-electron chi connectivity index (χ4n) is 2.99. The van der Waals surface area contributed by atoms with Gasteiger partial charge in [0.05, 0.1) is 11.3 Å². The summed E-state index contributed by atoms with van der Waals surface area (Å²) >= 11 is 0. The lowest BCUT2D eigenvalue weighted by atomic mass is 9.98. The molecule has 0 aliphatic heterocycles. The molecule has 2 aromatic rings. The van der Waals surface area contributed by atoms with Crippen molar-refractivity contribution in [1.29, 1.82) is 0 Å². The van der Waals surface area contributed by atoms with Gasteiger partial charge in [0.25, 0.3) is 5.91 Å².